The van der Waals surface area contributed by atoms with E-state index in [4.69, 9.17) is 4.42 Å². The number of thiophene rings is 1. The van der Waals surface area contributed by atoms with Gasteiger partial charge >= 0.3 is 0 Å². The van der Waals surface area contributed by atoms with E-state index < -0.39 is 0 Å². The van der Waals surface area contributed by atoms with E-state index >= 15 is 0 Å². The molecule has 0 saturated carbocycles. The van der Waals surface area contributed by atoms with Gasteiger partial charge in [-0.05, 0) is 18.4 Å². The van der Waals surface area contributed by atoms with Crippen LogP contribution in [0, 0.1) is 6.92 Å². The average molecular weight is 244 g/mol. The number of hydrogen-bond donors (Lipinski definition) is 0. The van der Waals surface area contributed by atoms with Crippen LogP contribution in [0.2, 0.25) is 0 Å². The lowest BCUT2D eigenvalue weighted by Gasteiger charge is -1.93. The Kier molecular flexibility index (Phi) is 2.41. The minimum Gasteiger partial charge on any atom is -0.415 e. The smallest absolute Gasteiger partial charge is 0.258 e. The highest BCUT2D eigenvalue weighted by molar-refractivity contribution is 7.13. The van der Waals surface area contributed by atoms with Crippen LogP contribution in [0.5, 0.6) is 0 Å². The summed E-state index contributed by atoms with van der Waals surface area (Å²) >= 11 is 1.56. The molecule has 5 nitrogen and oxygen atoms in total. The highest BCUT2D eigenvalue weighted by atomic mass is 32.1. The number of aromatic nitrogens is 4. The summed E-state index contributed by atoms with van der Waals surface area (Å²) < 4.78 is 5.56. The van der Waals surface area contributed by atoms with Crippen molar-refractivity contribution in [2.45, 2.75) is 6.92 Å². The van der Waals surface area contributed by atoms with Gasteiger partial charge in [-0.2, -0.15) is 0 Å². The van der Waals surface area contributed by atoms with Gasteiger partial charge in [0.25, 0.3) is 11.8 Å². The standard InChI is InChI=1S/C11H8N4OS/c1-7-12-5-8(6-13-7)10-14-15-11(16-10)9-3-2-4-17-9/h2-6H,1H3. The fourth-order valence-electron chi connectivity index (χ4n) is 1.34. The molecule has 0 atom stereocenters. The largest absolute Gasteiger partial charge is 0.415 e. The summed E-state index contributed by atoms with van der Waals surface area (Å²) in [5.41, 5.74) is 0.728. The fraction of sp³-hybridized carbons (Fsp3) is 0.0909. The first-order valence-corrected chi connectivity index (χ1v) is 5.87. The van der Waals surface area contributed by atoms with E-state index in [1.807, 2.05) is 24.4 Å². The maximum Gasteiger partial charge on any atom is 0.258 e. The molecule has 0 radical (unpaired) electrons. The number of aryl methyl sites for hydroxylation is 1. The molecular weight excluding hydrogens is 236 g/mol. The Morgan fingerprint density at radius 1 is 1.12 bits per heavy atom. The summed E-state index contributed by atoms with van der Waals surface area (Å²) in [5.74, 6) is 1.68. The molecule has 17 heavy (non-hydrogen) atoms. The topological polar surface area (TPSA) is 64.7 Å². The lowest BCUT2D eigenvalue weighted by Crippen LogP contribution is -1.87. The normalized spacial score (nSPS) is 10.6. The van der Waals surface area contributed by atoms with Crippen molar-refractivity contribution in [3.63, 3.8) is 0 Å². The summed E-state index contributed by atoms with van der Waals surface area (Å²) in [6.45, 7) is 1.83. The zero-order chi connectivity index (χ0) is 11.7. The molecule has 0 N–H and O–H groups in total. The van der Waals surface area contributed by atoms with E-state index in [-0.39, 0.29) is 0 Å². The summed E-state index contributed by atoms with van der Waals surface area (Å²) in [7, 11) is 0. The van der Waals surface area contributed by atoms with Gasteiger partial charge in [0.05, 0.1) is 10.4 Å². The molecule has 3 heterocycles. The molecule has 0 spiro atoms. The predicted octanol–water partition coefficient (Wildman–Crippen LogP) is 2.56. The summed E-state index contributed by atoms with van der Waals surface area (Å²) in [4.78, 5) is 9.14. The number of rotatable bonds is 2. The molecule has 0 aromatic carbocycles. The average Bonchev–Trinajstić information content (AvgIpc) is 3.00. The molecule has 84 valence electrons. The van der Waals surface area contributed by atoms with Crippen LogP contribution in [0.4, 0.5) is 0 Å². The number of hydrogen-bond acceptors (Lipinski definition) is 6. The van der Waals surface area contributed by atoms with Crippen LogP contribution in [-0.4, -0.2) is 20.2 Å². The van der Waals surface area contributed by atoms with Crippen molar-refractivity contribution in [1.29, 1.82) is 0 Å². The lowest BCUT2D eigenvalue weighted by atomic mass is 10.3. The molecule has 0 saturated heterocycles. The van der Waals surface area contributed by atoms with Gasteiger partial charge < -0.3 is 4.42 Å². The third kappa shape index (κ3) is 1.94. The maximum absolute atomic E-state index is 5.56. The Morgan fingerprint density at radius 3 is 2.59 bits per heavy atom. The van der Waals surface area contributed by atoms with Crippen molar-refractivity contribution in [1.82, 2.24) is 20.2 Å². The zero-order valence-electron chi connectivity index (χ0n) is 8.99. The minimum atomic E-state index is 0.438. The minimum absolute atomic E-state index is 0.438. The second-order valence-corrected chi connectivity index (χ2v) is 4.36. The molecule has 0 bridgehead atoms. The van der Waals surface area contributed by atoms with Crippen LogP contribution in [-0.2, 0) is 0 Å². The molecule has 3 aromatic rings. The molecule has 0 amide bonds. The van der Waals surface area contributed by atoms with E-state index in [2.05, 4.69) is 20.2 Å². The van der Waals surface area contributed by atoms with Crippen LogP contribution < -0.4 is 0 Å². The van der Waals surface area contributed by atoms with Crippen molar-refractivity contribution >= 4 is 11.3 Å². The van der Waals surface area contributed by atoms with Crippen molar-refractivity contribution in [2.24, 2.45) is 0 Å². The van der Waals surface area contributed by atoms with E-state index in [0.717, 1.165) is 10.4 Å². The first-order chi connectivity index (χ1) is 8.33. The van der Waals surface area contributed by atoms with E-state index in [9.17, 15) is 0 Å². The molecule has 0 fully saturated rings. The Bertz CT molecular complexity index is 615. The highest BCUT2D eigenvalue weighted by Gasteiger charge is 2.11. The summed E-state index contributed by atoms with van der Waals surface area (Å²) in [5, 5.41) is 9.94. The molecule has 0 aliphatic carbocycles. The molecule has 0 aliphatic heterocycles. The van der Waals surface area contributed by atoms with Crippen molar-refractivity contribution in [3.8, 4) is 22.2 Å². The highest BCUT2D eigenvalue weighted by Crippen LogP contribution is 2.26. The molecule has 3 aromatic heterocycles. The van der Waals surface area contributed by atoms with Gasteiger partial charge in [-0.3, -0.25) is 0 Å². The molecule has 0 aliphatic rings. The molecule has 6 heteroatoms. The van der Waals surface area contributed by atoms with Gasteiger partial charge in [-0.15, -0.1) is 21.5 Å². The van der Waals surface area contributed by atoms with Crippen LogP contribution in [0.1, 0.15) is 5.82 Å². The Hall–Kier alpha value is -2.08. The quantitative estimate of drug-likeness (QED) is 0.693. The Labute approximate surface area is 101 Å². The van der Waals surface area contributed by atoms with Crippen molar-refractivity contribution < 1.29 is 4.42 Å². The first kappa shape index (κ1) is 10.1. The van der Waals surface area contributed by atoms with Crippen LogP contribution >= 0.6 is 11.3 Å². The van der Waals surface area contributed by atoms with Gasteiger partial charge in [0.2, 0.25) is 0 Å². The van der Waals surface area contributed by atoms with Crippen LogP contribution in [0.15, 0.2) is 34.3 Å². The zero-order valence-corrected chi connectivity index (χ0v) is 9.81. The summed E-state index contributed by atoms with van der Waals surface area (Å²) in [6, 6.07) is 3.88. The van der Waals surface area contributed by atoms with Gasteiger partial charge in [0.15, 0.2) is 0 Å². The van der Waals surface area contributed by atoms with Gasteiger partial charge in [-0.25, -0.2) is 9.97 Å². The fourth-order valence-corrected chi connectivity index (χ4v) is 1.99. The SMILES string of the molecule is Cc1ncc(-c2nnc(-c3cccs3)o2)cn1. The van der Waals surface area contributed by atoms with E-state index in [1.165, 1.54) is 0 Å². The van der Waals surface area contributed by atoms with Gasteiger partial charge in [-0.1, -0.05) is 6.07 Å². The Balaban J connectivity index is 1.98. The predicted molar refractivity (Wildman–Crippen MR) is 63.4 cm³/mol. The van der Waals surface area contributed by atoms with Crippen molar-refractivity contribution in [3.05, 3.63) is 35.7 Å². The first-order valence-electron chi connectivity index (χ1n) is 4.99. The van der Waals surface area contributed by atoms with E-state index in [1.54, 1.807) is 23.7 Å². The maximum atomic E-state index is 5.56. The second kappa shape index (κ2) is 4.06. The monoisotopic (exact) mass is 244 g/mol. The second-order valence-electron chi connectivity index (χ2n) is 3.41. The van der Waals surface area contributed by atoms with Crippen LogP contribution in [0.3, 0.4) is 0 Å². The summed E-state index contributed by atoms with van der Waals surface area (Å²) in [6.07, 6.45) is 3.35. The van der Waals surface area contributed by atoms with Gasteiger partial charge in [0, 0.05) is 12.4 Å². The number of nitrogens with zero attached hydrogens (tertiary/aromatic N) is 4. The third-order valence-electron chi connectivity index (χ3n) is 2.18. The lowest BCUT2D eigenvalue weighted by molar-refractivity contribution is 0.585. The van der Waals surface area contributed by atoms with Gasteiger partial charge in [0.1, 0.15) is 5.82 Å². The van der Waals surface area contributed by atoms with Crippen molar-refractivity contribution in [2.75, 3.05) is 0 Å². The molecule has 3 rings (SSSR count). The molecule has 0 unspecified atom stereocenters. The Morgan fingerprint density at radius 2 is 1.88 bits per heavy atom. The third-order valence-corrected chi connectivity index (χ3v) is 3.04. The van der Waals surface area contributed by atoms with Crippen LogP contribution in [0.25, 0.3) is 22.2 Å². The molecular formula is C11H8N4OS. The van der Waals surface area contributed by atoms with E-state index in [0.29, 0.717) is 17.6 Å².